The highest BCUT2D eigenvalue weighted by atomic mass is 32.2. The van der Waals surface area contributed by atoms with Gasteiger partial charge in [0.15, 0.2) is 11.5 Å². The van der Waals surface area contributed by atoms with Crippen LogP contribution in [0.1, 0.15) is 6.42 Å². The average molecular weight is 482 g/mol. The molecule has 1 atom stereocenters. The first-order chi connectivity index (χ1) is 15.9. The van der Waals surface area contributed by atoms with Gasteiger partial charge in [0.2, 0.25) is 10.0 Å². The average Bonchev–Trinajstić information content (AvgIpc) is 3.52. The van der Waals surface area contributed by atoms with Gasteiger partial charge in [-0.1, -0.05) is 0 Å². The first kappa shape index (κ1) is 24.5. The van der Waals surface area contributed by atoms with Gasteiger partial charge in [0.05, 0.1) is 38.6 Å². The van der Waals surface area contributed by atoms with E-state index < -0.39 is 28.1 Å². The van der Waals surface area contributed by atoms with Crippen molar-refractivity contribution in [3.8, 4) is 11.5 Å². The summed E-state index contributed by atoms with van der Waals surface area (Å²) >= 11 is 0. The monoisotopic (exact) mass is 481 g/mol. The fourth-order valence-electron chi connectivity index (χ4n) is 3.28. The molecule has 2 N–H and O–H groups in total. The number of amides is 2. The van der Waals surface area contributed by atoms with Crippen molar-refractivity contribution in [3.63, 3.8) is 0 Å². The Bertz CT molecular complexity index is 1060. The van der Waals surface area contributed by atoms with Gasteiger partial charge in [-0.15, -0.1) is 0 Å². The van der Waals surface area contributed by atoms with Crippen molar-refractivity contribution in [2.75, 3.05) is 40.5 Å². The Morgan fingerprint density at radius 2 is 1.94 bits per heavy atom. The number of hydrogen-bond acceptors (Lipinski definition) is 8. The standard InChI is InChI=1S/C20H27N5O7S/c1-30-16-5-4-15(12-17(16)31-2)33(28,29)25-10-11-32-18(25)13-23-20(27)19(26)22-6-3-8-24-9-7-21-14-24/h4-5,7,9,12,14,18H,3,6,8,10-11,13H2,1-2H3,(H,22,26)(H,23,27)/t18-/m1/s1. The number of rotatable bonds is 10. The van der Waals surface area contributed by atoms with Crippen LogP contribution in [0.25, 0.3) is 0 Å². The van der Waals surface area contributed by atoms with Gasteiger partial charge in [-0.2, -0.15) is 4.31 Å². The minimum atomic E-state index is -3.94. The van der Waals surface area contributed by atoms with E-state index in [0.717, 1.165) is 4.31 Å². The first-order valence-electron chi connectivity index (χ1n) is 10.2. The molecule has 33 heavy (non-hydrogen) atoms. The maximum atomic E-state index is 13.1. The van der Waals surface area contributed by atoms with E-state index in [9.17, 15) is 18.0 Å². The molecule has 2 amide bonds. The van der Waals surface area contributed by atoms with Crippen LogP contribution in [0.5, 0.6) is 11.5 Å². The van der Waals surface area contributed by atoms with Crippen LogP contribution in [0.3, 0.4) is 0 Å². The SMILES string of the molecule is COc1ccc(S(=O)(=O)N2CCO[C@@H]2CNC(=O)C(=O)NCCCn2ccnc2)cc1OC. The Balaban J connectivity index is 1.53. The van der Waals surface area contributed by atoms with Crippen molar-refractivity contribution in [3.05, 3.63) is 36.9 Å². The number of aryl methyl sites for hydroxylation is 1. The van der Waals surface area contributed by atoms with Crippen molar-refractivity contribution >= 4 is 21.8 Å². The molecule has 180 valence electrons. The lowest BCUT2D eigenvalue weighted by Gasteiger charge is -2.23. The quantitative estimate of drug-likeness (QED) is 0.344. The smallest absolute Gasteiger partial charge is 0.309 e. The summed E-state index contributed by atoms with van der Waals surface area (Å²) in [5, 5.41) is 4.96. The summed E-state index contributed by atoms with van der Waals surface area (Å²) in [6, 6.07) is 4.26. The molecule has 1 aromatic carbocycles. The van der Waals surface area contributed by atoms with Crippen molar-refractivity contribution in [2.24, 2.45) is 0 Å². The van der Waals surface area contributed by atoms with Crippen LogP contribution in [0, 0.1) is 0 Å². The number of ether oxygens (including phenoxy) is 3. The second kappa shape index (κ2) is 11.1. The summed E-state index contributed by atoms with van der Waals surface area (Å²) in [7, 11) is -1.07. The molecule has 0 saturated carbocycles. The van der Waals surface area contributed by atoms with E-state index in [1.165, 1.54) is 32.4 Å². The van der Waals surface area contributed by atoms with Gasteiger partial charge in [0.1, 0.15) is 6.23 Å². The molecule has 0 unspecified atom stereocenters. The predicted molar refractivity (Wildman–Crippen MR) is 116 cm³/mol. The van der Waals surface area contributed by atoms with E-state index in [4.69, 9.17) is 14.2 Å². The summed E-state index contributed by atoms with van der Waals surface area (Å²) in [5.74, 6) is -0.994. The van der Waals surface area contributed by atoms with Gasteiger partial charge in [0, 0.05) is 38.1 Å². The van der Waals surface area contributed by atoms with E-state index in [0.29, 0.717) is 25.3 Å². The van der Waals surface area contributed by atoms with E-state index in [1.807, 2.05) is 4.57 Å². The molecule has 0 aliphatic carbocycles. The Morgan fingerprint density at radius 3 is 2.64 bits per heavy atom. The van der Waals surface area contributed by atoms with E-state index >= 15 is 0 Å². The topological polar surface area (TPSA) is 141 Å². The highest BCUT2D eigenvalue weighted by molar-refractivity contribution is 7.89. The number of carbonyl (C=O) groups is 2. The predicted octanol–water partition coefficient (Wildman–Crippen LogP) is -0.430. The fourth-order valence-corrected chi connectivity index (χ4v) is 4.80. The van der Waals surface area contributed by atoms with Gasteiger partial charge in [-0.3, -0.25) is 9.59 Å². The number of hydrogen-bond donors (Lipinski definition) is 2. The Labute approximate surface area is 191 Å². The molecule has 1 fully saturated rings. The fraction of sp³-hybridized carbons (Fsp3) is 0.450. The number of benzene rings is 1. The van der Waals surface area contributed by atoms with Crippen LogP contribution in [-0.2, 0) is 30.9 Å². The summed E-state index contributed by atoms with van der Waals surface area (Å²) < 4.78 is 45.0. The van der Waals surface area contributed by atoms with Gasteiger partial charge in [-0.25, -0.2) is 13.4 Å². The second-order valence-electron chi connectivity index (χ2n) is 7.08. The number of aromatic nitrogens is 2. The number of sulfonamides is 1. The van der Waals surface area contributed by atoms with Gasteiger partial charge in [-0.05, 0) is 18.6 Å². The van der Waals surface area contributed by atoms with E-state index in [-0.39, 0.29) is 30.3 Å². The summed E-state index contributed by atoms with van der Waals surface area (Å²) in [5.41, 5.74) is 0. The van der Waals surface area contributed by atoms with Gasteiger partial charge in [0.25, 0.3) is 0 Å². The lowest BCUT2D eigenvalue weighted by Crippen LogP contribution is -2.47. The Morgan fingerprint density at radius 1 is 1.18 bits per heavy atom. The minimum Gasteiger partial charge on any atom is -0.493 e. The van der Waals surface area contributed by atoms with Crippen molar-refractivity contribution in [2.45, 2.75) is 24.1 Å². The van der Waals surface area contributed by atoms with Crippen LogP contribution < -0.4 is 20.1 Å². The zero-order valence-corrected chi connectivity index (χ0v) is 19.2. The Kier molecular flexibility index (Phi) is 8.25. The summed E-state index contributed by atoms with van der Waals surface area (Å²) in [6.45, 7) is 1.06. The first-order valence-corrected chi connectivity index (χ1v) is 11.7. The number of methoxy groups -OCH3 is 2. The molecule has 0 radical (unpaired) electrons. The van der Waals surface area contributed by atoms with Crippen LogP contribution in [0.2, 0.25) is 0 Å². The highest BCUT2D eigenvalue weighted by Crippen LogP contribution is 2.31. The maximum Gasteiger partial charge on any atom is 0.309 e. The number of carbonyl (C=O) groups excluding carboxylic acids is 2. The van der Waals surface area contributed by atoms with Crippen molar-refractivity contribution < 1.29 is 32.2 Å². The Hall–Kier alpha value is -3.16. The second-order valence-corrected chi connectivity index (χ2v) is 8.97. The molecular weight excluding hydrogens is 454 g/mol. The van der Waals surface area contributed by atoms with Gasteiger partial charge >= 0.3 is 11.8 Å². The summed E-state index contributed by atoms with van der Waals surface area (Å²) in [6.07, 6.45) is 4.81. The normalized spacial score (nSPS) is 16.4. The van der Waals surface area contributed by atoms with Crippen LogP contribution in [0.15, 0.2) is 41.8 Å². The molecule has 3 rings (SSSR count). The zero-order chi connectivity index (χ0) is 23.8. The van der Waals surface area contributed by atoms with Gasteiger partial charge < -0.3 is 29.4 Å². The zero-order valence-electron chi connectivity index (χ0n) is 18.4. The third-order valence-electron chi connectivity index (χ3n) is 4.99. The lowest BCUT2D eigenvalue weighted by molar-refractivity contribution is -0.139. The third-order valence-corrected chi connectivity index (χ3v) is 6.87. The molecule has 2 aromatic rings. The highest BCUT2D eigenvalue weighted by Gasteiger charge is 2.37. The molecular formula is C20H27N5O7S. The minimum absolute atomic E-state index is 0.00221. The molecule has 0 bridgehead atoms. The van der Waals surface area contributed by atoms with Crippen molar-refractivity contribution in [1.29, 1.82) is 0 Å². The summed E-state index contributed by atoms with van der Waals surface area (Å²) in [4.78, 5) is 28.0. The third kappa shape index (κ3) is 6.00. The molecule has 0 spiro atoms. The van der Waals surface area contributed by atoms with E-state index in [2.05, 4.69) is 15.6 Å². The largest absolute Gasteiger partial charge is 0.493 e. The molecule has 1 aliphatic heterocycles. The maximum absolute atomic E-state index is 13.1. The molecule has 2 heterocycles. The van der Waals surface area contributed by atoms with Crippen molar-refractivity contribution in [1.82, 2.24) is 24.5 Å². The number of nitrogens with one attached hydrogen (secondary N) is 2. The molecule has 1 aromatic heterocycles. The number of nitrogens with zero attached hydrogens (tertiary/aromatic N) is 3. The van der Waals surface area contributed by atoms with Crippen LogP contribution in [0.4, 0.5) is 0 Å². The number of imidazole rings is 1. The molecule has 13 heteroatoms. The van der Waals surface area contributed by atoms with Crippen LogP contribution in [-0.4, -0.2) is 80.8 Å². The van der Waals surface area contributed by atoms with E-state index in [1.54, 1.807) is 18.7 Å². The molecule has 12 nitrogen and oxygen atoms in total. The molecule has 1 aliphatic rings. The molecule has 1 saturated heterocycles. The van der Waals surface area contributed by atoms with Crippen LogP contribution >= 0.6 is 0 Å². The lowest BCUT2D eigenvalue weighted by atomic mass is 10.3.